The number of hydrogen-bond donors (Lipinski definition) is 1. The first kappa shape index (κ1) is 21.7. The van der Waals surface area contributed by atoms with E-state index in [1.54, 1.807) is 30.5 Å². The van der Waals surface area contributed by atoms with Crippen LogP contribution in [0.1, 0.15) is 0 Å². The van der Waals surface area contributed by atoms with Gasteiger partial charge >= 0.3 is 0 Å². The van der Waals surface area contributed by atoms with Crippen LogP contribution in [0.15, 0.2) is 107 Å². The molecule has 0 radical (unpaired) electrons. The van der Waals surface area contributed by atoms with Gasteiger partial charge in [-0.25, -0.2) is 12.7 Å². The predicted molar refractivity (Wildman–Crippen MR) is 141 cm³/mol. The normalized spacial score (nSPS) is 14.5. The summed E-state index contributed by atoms with van der Waals surface area (Å²) >= 11 is 0. The van der Waals surface area contributed by atoms with Crippen LogP contribution in [0, 0.1) is 0 Å². The van der Waals surface area contributed by atoms with Crippen LogP contribution in [0.3, 0.4) is 0 Å². The Morgan fingerprint density at radius 1 is 0.800 bits per heavy atom. The second-order valence-corrected chi connectivity index (χ2v) is 10.4. The number of sulfonamides is 1. The van der Waals surface area contributed by atoms with Crippen molar-refractivity contribution in [3.8, 4) is 0 Å². The standard InChI is InChI=1S/C28H25N3O3S/c32-35(33,24-9-2-1-3-10-24)31(26-12-6-8-21-7-4-5-11-25(21)26)23-19-22-13-18-34-28(22)27(20-23)30-16-14-29-15-17-30/h1-13,18-20,29H,14-17H2. The molecule has 1 saturated heterocycles. The summed E-state index contributed by atoms with van der Waals surface area (Å²) in [5.74, 6) is 0. The van der Waals surface area contributed by atoms with E-state index in [0.717, 1.165) is 53.6 Å². The molecule has 6 nitrogen and oxygen atoms in total. The highest BCUT2D eigenvalue weighted by molar-refractivity contribution is 7.93. The molecule has 0 amide bonds. The monoisotopic (exact) mass is 483 g/mol. The summed E-state index contributed by atoms with van der Waals surface area (Å²) in [5, 5.41) is 6.09. The molecule has 1 aliphatic heterocycles. The maximum absolute atomic E-state index is 14.2. The molecule has 2 heterocycles. The number of furan rings is 1. The summed E-state index contributed by atoms with van der Waals surface area (Å²) in [6, 6.07) is 28.0. The number of hydrogen-bond acceptors (Lipinski definition) is 5. The fourth-order valence-electron chi connectivity index (χ4n) is 4.80. The second kappa shape index (κ2) is 8.76. The summed E-state index contributed by atoms with van der Waals surface area (Å²) in [5.41, 5.74) is 2.86. The zero-order valence-electron chi connectivity index (χ0n) is 19.1. The van der Waals surface area contributed by atoms with Gasteiger partial charge in [0.1, 0.15) is 0 Å². The van der Waals surface area contributed by atoms with Crippen LogP contribution >= 0.6 is 0 Å². The molecule has 5 aromatic rings. The number of fused-ring (bicyclic) bond motifs is 2. The van der Waals surface area contributed by atoms with E-state index in [0.29, 0.717) is 11.4 Å². The predicted octanol–water partition coefficient (Wildman–Crippen LogP) is 5.52. The summed E-state index contributed by atoms with van der Waals surface area (Å²) in [7, 11) is -3.93. The first-order chi connectivity index (χ1) is 17.1. The largest absolute Gasteiger partial charge is 0.462 e. The minimum absolute atomic E-state index is 0.240. The van der Waals surface area contributed by atoms with Crippen molar-refractivity contribution in [3.05, 3.63) is 97.3 Å². The lowest BCUT2D eigenvalue weighted by atomic mass is 10.1. The SMILES string of the molecule is O=S(=O)(c1ccccc1)N(c1cc(N2CCNCC2)c2occc2c1)c1cccc2ccccc12. The second-order valence-electron chi connectivity index (χ2n) is 8.62. The summed E-state index contributed by atoms with van der Waals surface area (Å²) in [6.45, 7) is 3.36. The van der Waals surface area contributed by atoms with E-state index in [1.165, 1.54) is 4.31 Å². The van der Waals surface area contributed by atoms with Crippen molar-refractivity contribution in [2.45, 2.75) is 4.90 Å². The van der Waals surface area contributed by atoms with Gasteiger partial charge in [-0.3, -0.25) is 0 Å². The van der Waals surface area contributed by atoms with E-state index < -0.39 is 10.0 Å². The van der Waals surface area contributed by atoms with Gasteiger partial charge in [-0.2, -0.15) is 0 Å². The van der Waals surface area contributed by atoms with Crippen LogP contribution in [0.25, 0.3) is 21.7 Å². The first-order valence-corrected chi connectivity index (χ1v) is 13.1. The number of rotatable bonds is 5. The van der Waals surface area contributed by atoms with Crippen LogP contribution in [-0.2, 0) is 10.0 Å². The number of nitrogens with zero attached hydrogens (tertiary/aromatic N) is 2. The zero-order valence-corrected chi connectivity index (χ0v) is 19.9. The van der Waals surface area contributed by atoms with Gasteiger partial charge in [0, 0.05) is 37.0 Å². The van der Waals surface area contributed by atoms with Gasteiger partial charge in [0.05, 0.1) is 28.2 Å². The lowest BCUT2D eigenvalue weighted by Gasteiger charge is -2.31. The molecule has 0 aliphatic carbocycles. The molecule has 1 aromatic heterocycles. The summed E-state index contributed by atoms with van der Waals surface area (Å²) in [6.07, 6.45) is 1.66. The summed E-state index contributed by atoms with van der Waals surface area (Å²) < 4.78 is 35.8. The van der Waals surface area contributed by atoms with Crippen molar-refractivity contribution in [3.63, 3.8) is 0 Å². The van der Waals surface area contributed by atoms with E-state index in [-0.39, 0.29) is 4.90 Å². The van der Waals surface area contributed by atoms with Crippen molar-refractivity contribution in [2.75, 3.05) is 35.4 Å². The lowest BCUT2D eigenvalue weighted by molar-refractivity contribution is 0.579. The number of nitrogens with one attached hydrogen (secondary N) is 1. The molecular weight excluding hydrogens is 458 g/mol. The van der Waals surface area contributed by atoms with Crippen LogP contribution in [0.4, 0.5) is 17.1 Å². The Hall–Kier alpha value is -3.81. The zero-order chi connectivity index (χ0) is 23.8. The fraction of sp³-hybridized carbons (Fsp3) is 0.143. The maximum Gasteiger partial charge on any atom is 0.268 e. The average molecular weight is 484 g/mol. The van der Waals surface area contributed by atoms with Crippen molar-refractivity contribution >= 4 is 48.8 Å². The van der Waals surface area contributed by atoms with Crippen molar-refractivity contribution in [1.82, 2.24) is 5.32 Å². The van der Waals surface area contributed by atoms with Gasteiger partial charge in [-0.05, 0) is 41.8 Å². The van der Waals surface area contributed by atoms with Crippen LogP contribution in [-0.4, -0.2) is 34.6 Å². The Kier molecular flexibility index (Phi) is 5.43. The molecule has 0 atom stereocenters. The van der Waals surface area contributed by atoms with Gasteiger partial charge < -0.3 is 14.6 Å². The van der Waals surface area contributed by atoms with E-state index in [9.17, 15) is 8.42 Å². The molecule has 1 N–H and O–H groups in total. The van der Waals surface area contributed by atoms with E-state index >= 15 is 0 Å². The Morgan fingerprint density at radius 3 is 2.37 bits per heavy atom. The van der Waals surface area contributed by atoms with Crippen LogP contribution < -0.4 is 14.5 Å². The minimum atomic E-state index is -3.93. The number of anilines is 3. The molecule has 176 valence electrons. The van der Waals surface area contributed by atoms with Crippen molar-refractivity contribution < 1.29 is 12.8 Å². The van der Waals surface area contributed by atoms with E-state index in [2.05, 4.69) is 10.2 Å². The Bertz CT molecular complexity index is 1600. The molecule has 7 heteroatoms. The van der Waals surface area contributed by atoms with Gasteiger partial charge in [0.2, 0.25) is 0 Å². The molecule has 1 aliphatic rings. The first-order valence-electron chi connectivity index (χ1n) is 11.7. The van der Waals surface area contributed by atoms with Gasteiger partial charge in [0.15, 0.2) is 5.58 Å². The van der Waals surface area contributed by atoms with Crippen molar-refractivity contribution in [1.29, 1.82) is 0 Å². The van der Waals surface area contributed by atoms with Crippen LogP contribution in [0.5, 0.6) is 0 Å². The Balaban J connectivity index is 1.63. The highest BCUT2D eigenvalue weighted by atomic mass is 32.2. The maximum atomic E-state index is 14.2. The van der Waals surface area contributed by atoms with Gasteiger partial charge in [0.25, 0.3) is 10.0 Å². The van der Waals surface area contributed by atoms with Gasteiger partial charge in [-0.1, -0.05) is 54.6 Å². The number of benzene rings is 4. The van der Waals surface area contributed by atoms with E-state index in [4.69, 9.17) is 4.42 Å². The molecule has 6 rings (SSSR count). The third kappa shape index (κ3) is 3.83. The highest BCUT2D eigenvalue weighted by Crippen LogP contribution is 2.41. The average Bonchev–Trinajstić information content (AvgIpc) is 3.38. The lowest BCUT2D eigenvalue weighted by Crippen LogP contribution is -2.43. The van der Waals surface area contributed by atoms with Crippen LogP contribution in [0.2, 0.25) is 0 Å². The molecule has 35 heavy (non-hydrogen) atoms. The smallest absolute Gasteiger partial charge is 0.268 e. The molecule has 1 fully saturated rings. The Morgan fingerprint density at radius 2 is 1.54 bits per heavy atom. The third-order valence-corrected chi connectivity index (χ3v) is 8.23. The quantitative estimate of drug-likeness (QED) is 0.356. The molecule has 0 saturated carbocycles. The Labute approximate surface area is 204 Å². The van der Waals surface area contributed by atoms with E-state index in [1.807, 2.05) is 66.7 Å². The topological polar surface area (TPSA) is 65.8 Å². The summed E-state index contributed by atoms with van der Waals surface area (Å²) in [4.78, 5) is 2.49. The minimum Gasteiger partial charge on any atom is -0.462 e. The van der Waals surface area contributed by atoms with Gasteiger partial charge in [-0.15, -0.1) is 0 Å². The molecule has 0 spiro atoms. The number of piperazine rings is 1. The fourth-order valence-corrected chi connectivity index (χ4v) is 6.31. The molecule has 4 aromatic carbocycles. The molecular formula is C28H25N3O3S. The third-order valence-electron chi connectivity index (χ3n) is 6.48. The van der Waals surface area contributed by atoms with Crippen molar-refractivity contribution in [2.24, 2.45) is 0 Å². The highest BCUT2D eigenvalue weighted by Gasteiger charge is 2.30. The molecule has 0 bridgehead atoms. The molecule has 0 unspecified atom stereocenters.